The Labute approximate surface area is 167 Å². The maximum Gasteiger partial charge on any atom is 0.331 e. The molecule has 0 radical (unpaired) electrons. The zero-order valence-electron chi connectivity index (χ0n) is 15.7. The number of carbonyl (C=O) groups excluding carboxylic acids is 2. The maximum absolute atomic E-state index is 13.8. The van der Waals surface area contributed by atoms with Gasteiger partial charge < -0.3 is 9.47 Å². The summed E-state index contributed by atoms with van der Waals surface area (Å²) in [5.74, 6) is -1.11. The molecule has 0 unspecified atom stereocenters. The molecule has 2 rings (SSSR count). The largest absolute Gasteiger partial charge is 0.493 e. The predicted octanol–water partition coefficient (Wildman–Crippen LogP) is 3.39. The standard InChI is InChI=1S/C19H22FN3O4S/c1-3-4-5-6-7-27-15-9-13(8-14(20)10-15)12-21-23-19-22-18(25)16(28-19)11-17(24)26-2/h8-12H,3-7H2,1-2H3,(H,22,23,25)/b16-11+,21-12?. The van der Waals surface area contributed by atoms with Crippen LogP contribution in [0.1, 0.15) is 38.2 Å². The van der Waals surface area contributed by atoms with Gasteiger partial charge in [-0.2, -0.15) is 5.10 Å². The lowest BCUT2D eigenvalue weighted by molar-refractivity contribution is -0.135. The van der Waals surface area contributed by atoms with Crippen LogP contribution in [0, 0.1) is 5.82 Å². The summed E-state index contributed by atoms with van der Waals surface area (Å²) < 4.78 is 23.8. The first-order valence-corrected chi connectivity index (χ1v) is 9.66. The molecule has 0 atom stereocenters. The van der Waals surface area contributed by atoms with Crippen molar-refractivity contribution in [1.82, 2.24) is 5.32 Å². The molecule has 1 amide bonds. The Kier molecular flexibility index (Phi) is 8.67. The SMILES string of the molecule is CCCCCCOc1cc(F)cc(C=N/N=C2/NC(=O)/C(=C\C(=O)OC)S2)c1. The fourth-order valence-corrected chi connectivity index (χ4v) is 2.99. The highest BCUT2D eigenvalue weighted by molar-refractivity contribution is 8.18. The van der Waals surface area contributed by atoms with Crippen molar-refractivity contribution in [3.8, 4) is 5.75 Å². The van der Waals surface area contributed by atoms with Crippen molar-refractivity contribution >= 4 is 35.0 Å². The Balaban J connectivity index is 1.96. The van der Waals surface area contributed by atoms with E-state index in [2.05, 4.69) is 27.2 Å². The van der Waals surface area contributed by atoms with Crippen LogP contribution in [-0.4, -0.2) is 37.0 Å². The number of nitrogens with one attached hydrogen (secondary N) is 1. The number of rotatable bonds is 9. The Hall–Kier alpha value is -2.68. The number of thioether (sulfide) groups is 1. The second-order valence-electron chi connectivity index (χ2n) is 5.87. The topological polar surface area (TPSA) is 89.4 Å². The summed E-state index contributed by atoms with van der Waals surface area (Å²) >= 11 is 0.959. The maximum atomic E-state index is 13.8. The van der Waals surface area contributed by atoms with Gasteiger partial charge in [0.15, 0.2) is 5.17 Å². The summed E-state index contributed by atoms with van der Waals surface area (Å²) in [7, 11) is 1.22. The van der Waals surface area contributed by atoms with Gasteiger partial charge in [0, 0.05) is 17.7 Å². The van der Waals surface area contributed by atoms with E-state index in [1.54, 1.807) is 6.07 Å². The molecule has 150 valence electrons. The molecule has 1 fully saturated rings. The molecule has 0 aromatic heterocycles. The lowest BCUT2D eigenvalue weighted by Crippen LogP contribution is -2.19. The van der Waals surface area contributed by atoms with Gasteiger partial charge >= 0.3 is 5.97 Å². The third kappa shape index (κ3) is 7.15. The van der Waals surface area contributed by atoms with Crippen LogP contribution in [0.5, 0.6) is 5.75 Å². The Morgan fingerprint density at radius 2 is 2.11 bits per heavy atom. The van der Waals surface area contributed by atoms with Crippen molar-refractivity contribution in [2.24, 2.45) is 10.2 Å². The minimum Gasteiger partial charge on any atom is -0.493 e. The quantitative estimate of drug-likeness (QED) is 0.223. The first-order valence-electron chi connectivity index (χ1n) is 8.85. The van der Waals surface area contributed by atoms with Crippen LogP contribution in [0.4, 0.5) is 4.39 Å². The van der Waals surface area contributed by atoms with E-state index in [1.165, 1.54) is 25.5 Å². The lowest BCUT2D eigenvalue weighted by atomic mass is 10.2. The van der Waals surface area contributed by atoms with Crippen LogP contribution in [-0.2, 0) is 14.3 Å². The van der Waals surface area contributed by atoms with E-state index in [-0.39, 0.29) is 10.1 Å². The molecular weight excluding hydrogens is 385 g/mol. The molecule has 0 saturated carbocycles. The molecule has 9 heteroatoms. The second kappa shape index (κ2) is 11.2. The van der Waals surface area contributed by atoms with Gasteiger partial charge in [-0.15, -0.1) is 5.10 Å². The summed E-state index contributed by atoms with van der Waals surface area (Å²) in [6, 6.07) is 4.28. The molecule has 1 heterocycles. The number of amidine groups is 1. The molecule has 1 aromatic carbocycles. The number of nitrogens with zero attached hydrogens (tertiary/aromatic N) is 2. The van der Waals surface area contributed by atoms with Crippen LogP contribution in [0.15, 0.2) is 39.4 Å². The van der Waals surface area contributed by atoms with Crippen LogP contribution < -0.4 is 10.1 Å². The Morgan fingerprint density at radius 1 is 1.29 bits per heavy atom. The summed E-state index contributed by atoms with van der Waals surface area (Å²) in [5.41, 5.74) is 0.479. The van der Waals surface area contributed by atoms with E-state index in [0.717, 1.165) is 43.5 Å². The Bertz CT molecular complexity index is 808. The van der Waals surface area contributed by atoms with Gasteiger partial charge in [0.05, 0.1) is 24.8 Å². The highest BCUT2D eigenvalue weighted by Crippen LogP contribution is 2.23. The summed E-state index contributed by atoms with van der Waals surface area (Å²) in [5, 5.41) is 10.4. The molecule has 0 spiro atoms. The van der Waals surface area contributed by atoms with Crippen molar-refractivity contribution in [2.75, 3.05) is 13.7 Å². The van der Waals surface area contributed by atoms with E-state index >= 15 is 0 Å². The highest BCUT2D eigenvalue weighted by Gasteiger charge is 2.24. The zero-order valence-corrected chi connectivity index (χ0v) is 16.6. The van der Waals surface area contributed by atoms with E-state index in [1.807, 2.05) is 0 Å². The lowest BCUT2D eigenvalue weighted by Gasteiger charge is -2.07. The normalized spacial score (nSPS) is 16.8. The molecular formula is C19H22FN3O4S. The van der Waals surface area contributed by atoms with E-state index < -0.39 is 17.7 Å². The minimum absolute atomic E-state index is 0.158. The van der Waals surface area contributed by atoms with Crippen LogP contribution in [0.2, 0.25) is 0 Å². The average Bonchev–Trinajstić information content (AvgIpc) is 3.00. The van der Waals surface area contributed by atoms with Crippen LogP contribution in [0.25, 0.3) is 0 Å². The number of carbonyl (C=O) groups is 2. The van der Waals surface area contributed by atoms with Crippen molar-refractivity contribution in [2.45, 2.75) is 32.6 Å². The second-order valence-corrected chi connectivity index (χ2v) is 6.90. The summed E-state index contributed by atoms with van der Waals surface area (Å²) in [4.78, 5) is 23.1. The average molecular weight is 407 g/mol. The Morgan fingerprint density at radius 3 is 2.86 bits per heavy atom. The smallest absolute Gasteiger partial charge is 0.331 e. The van der Waals surface area contributed by atoms with Gasteiger partial charge in [-0.25, -0.2) is 9.18 Å². The number of hydrogen-bond acceptors (Lipinski definition) is 7. The van der Waals surface area contributed by atoms with Gasteiger partial charge in [0.2, 0.25) is 0 Å². The van der Waals surface area contributed by atoms with Crippen LogP contribution in [0.3, 0.4) is 0 Å². The van der Waals surface area contributed by atoms with E-state index in [4.69, 9.17) is 4.74 Å². The van der Waals surface area contributed by atoms with Gasteiger partial charge in [0.25, 0.3) is 5.91 Å². The highest BCUT2D eigenvalue weighted by atomic mass is 32.2. The number of halogens is 1. The number of unbranched alkanes of at least 4 members (excludes halogenated alkanes) is 3. The van der Waals surface area contributed by atoms with E-state index in [0.29, 0.717) is 17.9 Å². The third-order valence-electron chi connectivity index (χ3n) is 3.62. The van der Waals surface area contributed by atoms with Gasteiger partial charge in [-0.1, -0.05) is 26.2 Å². The number of esters is 1. The van der Waals surface area contributed by atoms with Crippen molar-refractivity contribution in [3.05, 3.63) is 40.6 Å². The third-order valence-corrected chi connectivity index (χ3v) is 4.52. The van der Waals surface area contributed by atoms with Crippen molar-refractivity contribution in [3.63, 3.8) is 0 Å². The van der Waals surface area contributed by atoms with Gasteiger partial charge in [0.1, 0.15) is 11.6 Å². The van der Waals surface area contributed by atoms with Gasteiger partial charge in [-0.3, -0.25) is 10.1 Å². The minimum atomic E-state index is -0.635. The number of hydrogen-bond donors (Lipinski definition) is 1. The molecule has 1 N–H and O–H groups in total. The van der Waals surface area contributed by atoms with Crippen LogP contribution >= 0.6 is 11.8 Å². The molecule has 1 saturated heterocycles. The van der Waals surface area contributed by atoms with Crippen molar-refractivity contribution in [1.29, 1.82) is 0 Å². The summed E-state index contributed by atoms with van der Waals surface area (Å²) in [6.07, 6.45) is 6.71. The molecule has 1 aromatic rings. The fraction of sp³-hybridized carbons (Fsp3) is 0.368. The monoisotopic (exact) mass is 407 g/mol. The first-order chi connectivity index (χ1) is 13.5. The van der Waals surface area contributed by atoms with Crippen molar-refractivity contribution < 1.29 is 23.5 Å². The molecule has 1 aliphatic heterocycles. The van der Waals surface area contributed by atoms with Gasteiger partial charge in [-0.05, 0) is 30.3 Å². The molecule has 0 bridgehead atoms. The number of methoxy groups -OCH3 is 1. The molecule has 0 aliphatic carbocycles. The zero-order chi connectivity index (χ0) is 20.4. The molecule has 28 heavy (non-hydrogen) atoms. The molecule has 1 aliphatic rings. The van der Waals surface area contributed by atoms with E-state index in [9.17, 15) is 14.0 Å². The number of ether oxygens (including phenoxy) is 2. The first kappa shape index (κ1) is 21.6. The predicted molar refractivity (Wildman–Crippen MR) is 107 cm³/mol. The molecule has 7 nitrogen and oxygen atoms in total. The summed E-state index contributed by atoms with van der Waals surface area (Å²) in [6.45, 7) is 2.66. The fourth-order valence-electron chi connectivity index (χ4n) is 2.25. The number of amides is 1. The number of benzene rings is 1.